The van der Waals surface area contributed by atoms with Crippen LogP contribution in [0.5, 0.6) is 0 Å². The zero-order valence-electron chi connectivity index (χ0n) is 11.2. The number of aliphatic hydroxyl groups excluding tert-OH is 1. The predicted octanol–water partition coefficient (Wildman–Crippen LogP) is 3.39. The van der Waals surface area contributed by atoms with E-state index in [4.69, 9.17) is 27.7 Å². The molecular weight excluding hydrogens is 301 g/mol. The molecular formula is C13H15Cl2N3O2. The largest absolute Gasteiger partial charge is 0.393 e. The third-order valence-electron chi connectivity index (χ3n) is 2.64. The molecule has 2 aromatic heterocycles. The minimum atomic E-state index is -0.503. The van der Waals surface area contributed by atoms with Gasteiger partial charge in [0, 0.05) is 6.20 Å². The first-order chi connectivity index (χ1) is 9.45. The summed E-state index contributed by atoms with van der Waals surface area (Å²) in [6.45, 7) is 4.08. The van der Waals surface area contributed by atoms with Crippen LogP contribution in [0.2, 0.25) is 10.0 Å². The van der Waals surface area contributed by atoms with E-state index >= 15 is 0 Å². The van der Waals surface area contributed by atoms with E-state index in [1.165, 1.54) is 6.20 Å². The number of halogens is 2. The molecule has 20 heavy (non-hydrogen) atoms. The molecule has 2 rings (SSSR count). The summed E-state index contributed by atoms with van der Waals surface area (Å²) in [6.07, 6.45) is 1.96. The fourth-order valence-electron chi connectivity index (χ4n) is 1.84. The van der Waals surface area contributed by atoms with Crippen LogP contribution in [0.4, 0.5) is 0 Å². The Morgan fingerprint density at radius 1 is 1.35 bits per heavy atom. The van der Waals surface area contributed by atoms with E-state index in [9.17, 15) is 5.11 Å². The van der Waals surface area contributed by atoms with Crippen LogP contribution in [0.3, 0.4) is 0 Å². The van der Waals surface area contributed by atoms with Gasteiger partial charge >= 0.3 is 0 Å². The summed E-state index contributed by atoms with van der Waals surface area (Å²) in [5.74, 6) is 1.05. The molecule has 108 valence electrons. The average molecular weight is 316 g/mol. The SMILES string of the molecule is CC(C)CC(O)Cc1nc(-c2ncc(Cl)cc2Cl)no1. The molecule has 0 bridgehead atoms. The summed E-state index contributed by atoms with van der Waals surface area (Å²) in [4.78, 5) is 8.27. The van der Waals surface area contributed by atoms with E-state index in [1.807, 2.05) is 13.8 Å². The maximum absolute atomic E-state index is 9.86. The number of aliphatic hydroxyl groups is 1. The molecule has 7 heteroatoms. The number of hydrogen-bond acceptors (Lipinski definition) is 5. The minimum absolute atomic E-state index is 0.290. The molecule has 0 spiro atoms. The van der Waals surface area contributed by atoms with Crippen molar-refractivity contribution in [2.45, 2.75) is 32.8 Å². The normalized spacial score (nSPS) is 12.9. The Kier molecular flexibility index (Phi) is 4.96. The lowest BCUT2D eigenvalue weighted by molar-refractivity contribution is 0.138. The summed E-state index contributed by atoms with van der Waals surface area (Å²) < 4.78 is 5.10. The fourth-order valence-corrected chi connectivity index (χ4v) is 2.31. The van der Waals surface area contributed by atoms with Gasteiger partial charge in [-0.2, -0.15) is 4.98 Å². The molecule has 0 amide bonds. The standard InChI is InChI=1S/C13H15Cl2N3O2/c1-7(2)3-9(19)5-11-17-13(18-20-11)12-10(15)4-8(14)6-16-12/h4,6-7,9,19H,3,5H2,1-2H3. The Hall–Kier alpha value is -1.17. The van der Waals surface area contributed by atoms with Crippen molar-refractivity contribution < 1.29 is 9.63 Å². The van der Waals surface area contributed by atoms with Gasteiger partial charge in [-0.15, -0.1) is 0 Å². The smallest absolute Gasteiger partial charge is 0.229 e. The van der Waals surface area contributed by atoms with Gasteiger partial charge in [0.25, 0.3) is 0 Å². The second-order valence-electron chi connectivity index (χ2n) is 4.98. The molecule has 0 saturated carbocycles. The van der Waals surface area contributed by atoms with Crippen molar-refractivity contribution in [3.63, 3.8) is 0 Å². The van der Waals surface area contributed by atoms with Crippen molar-refractivity contribution in [1.29, 1.82) is 0 Å². The number of aromatic nitrogens is 3. The Bertz CT molecular complexity index is 587. The van der Waals surface area contributed by atoms with Crippen LogP contribution in [-0.4, -0.2) is 26.3 Å². The quantitative estimate of drug-likeness (QED) is 0.915. The van der Waals surface area contributed by atoms with E-state index in [2.05, 4.69) is 15.1 Å². The molecule has 0 aliphatic heterocycles. The van der Waals surface area contributed by atoms with Crippen molar-refractivity contribution in [2.24, 2.45) is 5.92 Å². The summed E-state index contributed by atoms with van der Waals surface area (Å²) >= 11 is 11.8. The number of hydrogen-bond donors (Lipinski definition) is 1. The highest BCUT2D eigenvalue weighted by Gasteiger charge is 2.16. The molecule has 0 aliphatic carbocycles. The monoisotopic (exact) mass is 315 g/mol. The van der Waals surface area contributed by atoms with Crippen molar-refractivity contribution in [3.05, 3.63) is 28.2 Å². The maximum Gasteiger partial charge on any atom is 0.229 e. The summed E-state index contributed by atoms with van der Waals surface area (Å²) in [5, 5.41) is 14.5. The fraction of sp³-hybridized carbons (Fsp3) is 0.462. The average Bonchev–Trinajstić information content (AvgIpc) is 2.75. The summed E-state index contributed by atoms with van der Waals surface area (Å²) in [5.41, 5.74) is 0.407. The van der Waals surface area contributed by atoms with Gasteiger partial charge in [0.05, 0.1) is 22.6 Å². The first kappa shape index (κ1) is 15.2. The first-order valence-electron chi connectivity index (χ1n) is 6.27. The Morgan fingerprint density at radius 2 is 2.10 bits per heavy atom. The van der Waals surface area contributed by atoms with Crippen LogP contribution >= 0.6 is 23.2 Å². The lowest BCUT2D eigenvalue weighted by Gasteiger charge is -2.09. The van der Waals surface area contributed by atoms with Crippen molar-refractivity contribution in [1.82, 2.24) is 15.1 Å². The Balaban J connectivity index is 2.12. The molecule has 0 fully saturated rings. The van der Waals surface area contributed by atoms with Crippen LogP contribution in [0.25, 0.3) is 11.5 Å². The minimum Gasteiger partial charge on any atom is -0.393 e. The molecule has 2 aromatic rings. The van der Waals surface area contributed by atoms with Crippen LogP contribution < -0.4 is 0 Å². The van der Waals surface area contributed by atoms with Gasteiger partial charge < -0.3 is 9.63 Å². The number of rotatable bonds is 5. The Morgan fingerprint density at radius 3 is 2.75 bits per heavy atom. The van der Waals surface area contributed by atoms with Gasteiger partial charge in [-0.3, -0.25) is 0 Å². The molecule has 1 atom stereocenters. The lowest BCUT2D eigenvalue weighted by Crippen LogP contribution is -2.13. The number of pyridine rings is 1. The third kappa shape index (κ3) is 3.91. The highest BCUT2D eigenvalue weighted by molar-refractivity contribution is 6.35. The van der Waals surface area contributed by atoms with Crippen molar-refractivity contribution in [2.75, 3.05) is 0 Å². The second kappa shape index (κ2) is 6.52. The van der Waals surface area contributed by atoms with Gasteiger partial charge in [0.1, 0.15) is 5.69 Å². The Labute approximate surface area is 126 Å². The van der Waals surface area contributed by atoms with E-state index in [-0.39, 0.29) is 0 Å². The molecule has 0 aromatic carbocycles. The van der Waals surface area contributed by atoms with Crippen LogP contribution in [-0.2, 0) is 6.42 Å². The maximum atomic E-state index is 9.86. The molecule has 0 aliphatic rings. The predicted molar refractivity (Wildman–Crippen MR) is 76.7 cm³/mol. The summed E-state index contributed by atoms with van der Waals surface area (Å²) in [6, 6.07) is 1.56. The zero-order chi connectivity index (χ0) is 14.7. The van der Waals surface area contributed by atoms with Crippen LogP contribution in [0, 0.1) is 5.92 Å². The zero-order valence-corrected chi connectivity index (χ0v) is 12.7. The first-order valence-corrected chi connectivity index (χ1v) is 7.03. The second-order valence-corrected chi connectivity index (χ2v) is 5.83. The van der Waals surface area contributed by atoms with E-state index < -0.39 is 6.10 Å². The van der Waals surface area contributed by atoms with Gasteiger partial charge in [-0.25, -0.2) is 4.98 Å². The molecule has 1 unspecified atom stereocenters. The number of nitrogens with zero attached hydrogens (tertiary/aromatic N) is 3. The molecule has 0 saturated heterocycles. The van der Waals surface area contributed by atoms with Gasteiger partial charge in [-0.1, -0.05) is 42.2 Å². The molecule has 2 heterocycles. The van der Waals surface area contributed by atoms with E-state index in [1.54, 1.807) is 6.07 Å². The highest BCUT2D eigenvalue weighted by Crippen LogP contribution is 2.26. The van der Waals surface area contributed by atoms with Crippen LogP contribution in [0.15, 0.2) is 16.8 Å². The van der Waals surface area contributed by atoms with Gasteiger partial charge in [-0.05, 0) is 18.4 Å². The third-order valence-corrected chi connectivity index (χ3v) is 3.14. The van der Waals surface area contributed by atoms with E-state index in [0.29, 0.717) is 46.2 Å². The topological polar surface area (TPSA) is 72.0 Å². The molecule has 1 N–H and O–H groups in total. The van der Waals surface area contributed by atoms with Crippen LogP contribution in [0.1, 0.15) is 26.2 Å². The van der Waals surface area contributed by atoms with Crippen molar-refractivity contribution >= 4 is 23.2 Å². The van der Waals surface area contributed by atoms with Gasteiger partial charge in [0.2, 0.25) is 11.7 Å². The van der Waals surface area contributed by atoms with Gasteiger partial charge in [0.15, 0.2) is 0 Å². The van der Waals surface area contributed by atoms with E-state index in [0.717, 1.165) is 0 Å². The highest BCUT2D eigenvalue weighted by atomic mass is 35.5. The lowest BCUT2D eigenvalue weighted by atomic mass is 10.0. The molecule has 0 radical (unpaired) electrons. The summed E-state index contributed by atoms with van der Waals surface area (Å²) in [7, 11) is 0. The molecule has 5 nitrogen and oxygen atoms in total. The van der Waals surface area contributed by atoms with Crippen molar-refractivity contribution in [3.8, 4) is 11.5 Å².